The van der Waals surface area contributed by atoms with Gasteiger partial charge < -0.3 is 14.5 Å². The molecular weight excluding hydrogens is 424 g/mol. The van der Waals surface area contributed by atoms with Gasteiger partial charge in [-0.1, -0.05) is 54.6 Å². The van der Waals surface area contributed by atoms with Gasteiger partial charge in [0.15, 0.2) is 0 Å². The molecule has 0 radical (unpaired) electrons. The summed E-state index contributed by atoms with van der Waals surface area (Å²) in [6.45, 7) is 3.32. The van der Waals surface area contributed by atoms with Crippen LogP contribution in [0.25, 0.3) is 17.1 Å². The van der Waals surface area contributed by atoms with Gasteiger partial charge in [-0.05, 0) is 41.5 Å². The Balaban J connectivity index is 1.12. The molecule has 0 bridgehead atoms. The zero-order chi connectivity index (χ0) is 23.2. The third kappa shape index (κ3) is 5.23. The minimum absolute atomic E-state index is 0.0219. The highest BCUT2D eigenvalue weighted by Gasteiger charge is 2.21. The van der Waals surface area contributed by atoms with E-state index in [0.717, 1.165) is 46.8 Å². The van der Waals surface area contributed by atoms with Crippen LogP contribution >= 0.6 is 0 Å². The van der Waals surface area contributed by atoms with Crippen molar-refractivity contribution < 1.29 is 9.53 Å². The fraction of sp³-hybridized carbons (Fsp3) is 0.179. The van der Waals surface area contributed by atoms with Gasteiger partial charge in [-0.25, -0.2) is 4.98 Å². The third-order valence-corrected chi connectivity index (χ3v) is 5.90. The minimum atomic E-state index is 0.0219. The number of hydrogen-bond donors (Lipinski definition) is 0. The molecule has 3 aromatic carbocycles. The molecule has 0 atom stereocenters. The van der Waals surface area contributed by atoms with Gasteiger partial charge in [-0.15, -0.1) is 0 Å². The SMILES string of the molecule is O=C(/C=C/c1ccc(OCc2ccccc2)cc1)N1CCN(c2cnc3ccccc3n2)CC1. The molecule has 0 unspecified atom stereocenters. The lowest BCUT2D eigenvalue weighted by atomic mass is 10.2. The Bertz CT molecular complexity index is 1280. The van der Waals surface area contributed by atoms with Crippen molar-refractivity contribution in [1.82, 2.24) is 14.9 Å². The molecule has 6 nitrogen and oxygen atoms in total. The maximum absolute atomic E-state index is 12.7. The molecule has 0 N–H and O–H groups in total. The maximum Gasteiger partial charge on any atom is 0.246 e. The van der Waals surface area contributed by atoms with Crippen LogP contribution in [-0.2, 0) is 11.4 Å². The van der Waals surface area contributed by atoms with Crippen LogP contribution in [0.1, 0.15) is 11.1 Å². The molecular formula is C28H26N4O2. The van der Waals surface area contributed by atoms with E-state index in [0.29, 0.717) is 19.7 Å². The highest BCUT2D eigenvalue weighted by Crippen LogP contribution is 2.18. The number of aromatic nitrogens is 2. The number of ether oxygens (including phenoxy) is 1. The largest absolute Gasteiger partial charge is 0.489 e. The molecule has 1 aromatic heterocycles. The van der Waals surface area contributed by atoms with Crippen molar-refractivity contribution in [1.29, 1.82) is 0 Å². The van der Waals surface area contributed by atoms with Gasteiger partial charge in [-0.2, -0.15) is 0 Å². The van der Waals surface area contributed by atoms with E-state index in [9.17, 15) is 4.79 Å². The topological polar surface area (TPSA) is 58.6 Å². The fourth-order valence-electron chi connectivity index (χ4n) is 3.94. The van der Waals surface area contributed by atoms with Crippen molar-refractivity contribution in [3.05, 3.63) is 102 Å². The van der Waals surface area contributed by atoms with Crippen LogP contribution in [0.4, 0.5) is 5.82 Å². The number of rotatable bonds is 6. The van der Waals surface area contributed by atoms with E-state index in [1.165, 1.54) is 0 Å². The number of benzene rings is 3. The number of carbonyl (C=O) groups is 1. The molecule has 1 aliphatic heterocycles. The van der Waals surface area contributed by atoms with Crippen molar-refractivity contribution in [3.63, 3.8) is 0 Å². The molecule has 2 heterocycles. The summed E-state index contributed by atoms with van der Waals surface area (Å²) in [6, 6.07) is 25.7. The molecule has 1 saturated heterocycles. The smallest absolute Gasteiger partial charge is 0.246 e. The van der Waals surface area contributed by atoms with Gasteiger partial charge in [-0.3, -0.25) is 9.78 Å². The summed E-state index contributed by atoms with van der Waals surface area (Å²) in [6.07, 6.45) is 5.31. The predicted molar refractivity (Wildman–Crippen MR) is 135 cm³/mol. The Morgan fingerprint density at radius 3 is 2.32 bits per heavy atom. The molecule has 170 valence electrons. The average Bonchev–Trinajstić information content (AvgIpc) is 2.91. The first kappa shape index (κ1) is 21.6. The standard InChI is InChI=1S/C28H26N4O2/c33-28(15-12-22-10-13-24(14-11-22)34-21-23-6-2-1-3-7-23)32-18-16-31(17-19-32)27-20-29-25-8-4-5-9-26(25)30-27/h1-15,20H,16-19,21H2/b15-12+. The lowest BCUT2D eigenvalue weighted by Crippen LogP contribution is -2.48. The highest BCUT2D eigenvalue weighted by molar-refractivity contribution is 5.92. The Morgan fingerprint density at radius 1 is 0.853 bits per heavy atom. The summed E-state index contributed by atoms with van der Waals surface area (Å²) in [5, 5.41) is 0. The maximum atomic E-state index is 12.7. The van der Waals surface area contributed by atoms with E-state index in [-0.39, 0.29) is 5.91 Å². The van der Waals surface area contributed by atoms with Crippen LogP contribution in [0.15, 0.2) is 91.1 Å². The summed E-state index contributed by atoms with van der Waals surface area (Å²) < 4.78 is 5.82. The number of nitrogens with zero attached hydrogens (tertiary/aromatic N) is 4. The highest BCUT2D eigenvalue weighted by atomic mass is 16.5. The quantitative estimate of drug-likeness (QED) is 0.403. The number of fused-ring (bicyclic) bond motifs is 1. The van der Waals surface area contributed by atoms with Crippen LogP contribution in [0.2, 0.25) is 0 Å². The van der Waals surface area contributed by atoms with Crippen molar-refractivity contribution in [3.8, 4) is 5.75 Å². The minimum Gasteiger partial charge on any atom is -0.489 e. The first-order chi connectivity index (χ1) is 16.7. The van der Waals surface area contributed by atoms with Crippen molar-refractivity contribution in [2.75, 3.05) is 31.1 Å². The summed E-state index contributed by atoms with van der Waals surface area (Å²) in [5.41, 5.74) is 3.87. The number of carbonyl (C=O) groups excluding carboxylic acids is 1. The van der Waals surface area contributed by atoms with E-state index in [1.807, 2.05) is 96.0 Å². The van der Waals surface area contributed by atoms with Crippen molar-refractivity contribution in [2.45, 2.75) is 6.61 Å². The van der Waals surface area contributed by atoms with Crippen LogP contribution in [0.3, 0.4) is 0 Å². The van der Waals surface area contributed by atoms with Crippen LogP contribution in [0, 0.1) is 0 Å². The van der Waals surface area contributed by atoms with Gasteiger partial charge >= 0.3 is 0 Å². The number of anilines is 1. The molecule has 4 aromatic rings. The van der Waals surface area contributed by atoms with E-state index in [2.05, 4.69) is 9.88 Å². The van der Waals surface area contributed by atoms with Gasteiger partial charge in [0.1, 0.15) is 18.2 Å². The monoisotopic (exact) mass is 450 g/mol. The van der Waals surface area contributed by atoms with Crippen LogP contribution in [-0.4, -0.2) is 47.0 Å². The van der Waals surface area contributed by atoms with E-state index >= 15 is 0 Å². The van der Waals surface area contributed by atoms with Gasteiger partial charge in [0, 0.05) is 32.3 Å². The number of hydrogen-bond acceptors (Lipinski definition) is 5. The van der Waals surface area contributed by atoms with Crippen LogP contribution in [0.5, 0.6) is 5.75 Å². The normalized spacial score (nSPS) is 14.0. The molecule has 1 fully saturated rings. The second kappa shape index (κ2) is 10.2. The summed E-state index contributed by atoms with van der Waals surface area (Å²) in [4.78, 5) is 26.0. The van der Waals surface area contributed by atoms with Crippen molar-refractivity contribution >= 4 is 28.8 Å². The lowest BCUT2D eigenvalue weighted by molar-refractivity contribution is -0.126. The molecule has 1 amide bonds. The van der Waals surface area contributed by atoms with Crippen LogP contribution < -0.4 is 9.64 Å². The van der Waals surface area contributed by atoms with Gasteiger partial charge in [0.05, 0.1) is 17.2 Å². The van der Waals surface area contributed by atoms with E-state index in [4.69, 9.17) is 9.72 Å². The zero-order valence-corrected chi connectivity index (χ0v) is 18.9. The zero-order valence-electron chi connectivity index (χ0n) is 18.9. The Kier molecular flexibility index (Phi) is 6.47. The second-order valence-corrected chi connectivity index (χ2v) is 8.21. The van der Waals surface area contributed by atoms with E-state index < -0.39 is 0 Å². The molecule has 5 rings (SSSR count). The molecule has 0 spiro atoms. The molecule has 0 saturated carbocycles. The first-order valence-electron chi connectivity index (χ1n) is 11.5. The average molecular weight is 451 g/mol. The number of piperazine rings is 1. The Morgan fingerprint density at radius 2 is 1.56 bits per heavy atom. The number of para-hydroxylation sites is 2. The molecule has 0 aliphatic carbocycles. The summed E-state index contributed by atoms with van der Waals surface area (Å²) >= 11 is 0. The lowest BCUT2D eigenvalue weighted by Gasteiger charge is -2.34. The molecule has 1 aliphatic rings. The third-order valence-electron chi connectivity index (χ3n) is 5.90. The first-order valence-corrected chi connectivity index (χ1v) is 11.5. The Hall–Kier alpha value is -4.19. The van der Waals surface area contributed by atoms with Gasteiger partial charge in [0.2, 0.25) is 5.91 Å². The summed E-state index contributed by atoms with van der Waals surface area (Å²) in [7, 11) is 0. The fourth-order valence-corrected chi connectivity index (χ4v) is 3.94. The van der Waals surface area contributed by atoms with E-state index in [1.54, 1.807) is 6.08 Å². The molecule has 34 heavy (non-hydrogen) atoms. The number of amides is 1. The Labute approximate surface area is 199 Å². The molecule has 6 heteroatoms. The van der Waals surface area contributed by atoms with Crippen molar-refractivity contribution in [2.24, 2.45) is 0 Å². The second-order valence-electron chi connectivity index (χ2n) is 8.21. The predicted octanol–water partition coefficient (Wildman–Crippen LogP) is 4.57. The summed E-state index contributed by atoms with van der Waals surface area (Å²) in [5.74, 6) is 1.69. The van der Waals surface area contributed by atoms with Gasteiger partial charge in [0.25, 0.3) is 0 Å².